The van der Waals surface area contributed by atoms with Crippen LogP contribution in [0.5, 0.6) is 5.75 Å². The van der Waals surface area contributed by atoms with Gasteiger partial charge < -0.3 is 15.2 Å². The first kappa shape index (κ1) is 21.1. The van der Waals surface area contributed by atoms with Crippen LogP contribution in [-0.4, -0.2) is 34.3 Å². The SMILES string of the molecule is O=C(NCC1CCC(C(=O)O)CC1)c1cc(-c2ccc(OC(F)(F)F)cc2)sn1. The number of ether oxygens (including phenoxy) is 1. The zero-order chi connectivity index (χ0) is 21.0. The Morgan fingerprint density at radius 3 is 2.41 bits per heavy atom. The van der Waals surface area contributed by atoms with Crippen molar-refractivity contribution >= 4 is 23.4 Å². The molecule has 0 spiro atoms. The molecule has 3 rings (SSSR count). The molecular formula is C19H19F3N2O4S. The third-order valence-corrected chi connectivity index (χ3v) is 5.70. The van der Waals surface area contributed by atoms with Crippen LogP contribution in [0.15, 0.2) is 30.3 Å². The lowest BCUT2D eigenvalue weighted by atomic mass is 9.82. The second-order valence-corrected chi connectivity index (χ2v) is 7.72. The molecule has 1 aromatic heterocycles. The molecule has 29 heavy (non-hydrogen) atoms. The van der Waals surface area contributed by atoms with Crippen LogP contribution in [0.25, 0.3) is 10.4 Å². The summed E-state index contributed by atoms with van der Waals surface area (Å²) < 4.78 is 44.6. The number of carbonyl (C=O) groups is 2. The highest BCUT2D eigenvalue weighted by Crippen LogP contribution is 2.30. The molecule has 1 aliphatic carbocycles. The van der Waals surface area contributed by atoms with E-state index in [0.717, 1.165) is 24.4 Å². The van der Waals surface area contributed by atoms with Gasteiger partial charge in [0, 0.05) is 6.54 Å². The first-order valence-corrected chi connectivity index (χ1v) is 9.82. The topological polar surface area (TPSA) is 88.5 Å². The molecule has 2 aromatic rings. The number of amides is 1. The van der Waals surface area contributed by atoms with Gasteiger partial charge in [-0.3, -0.25) is 9.59 Å². The largest absolute Gasteiger partial charge is 0.573 e. The lowest BCUT2D eigenvalue weighted by molar-refractivity contribution is -0.274. The summed E-state index contributed by atoms with van der Waals surface area (Å²) in [7, 11) is 0. The van der Waals surface area contributed by atoms with Crippen LogP contribution in [0, 0.1) is 11.8 Å². The van der Waals surface area contributed by atoms with E-state index in [9.17, 15) is 22.8 Å². The van der Waals surface area contributed by atoms with Crippen molar-refractivity contribution < 1.29 is 32.6 Å². The maximum atomic E-state index is 12.3. The van der Waals surface area contributed by atoms with Gasteiger partial charge in [-0.1, -0.05) is 0 Å². The average Bonchev–Trinajstić information content (AvgIpc) is 3.16. The second kappa shape index (κ2) is 8.81. The van der Waals surface area contributed by atoms with E-state index >= 15 is 0 Å². The predicted octanol–water partition coefficient (Wildman–Crippen LogP) is 4.33. The first-order valence-electron chi connectivity index (χ1n) is 9.05. The number of nitrogens with one attached hydrogen (secondary N) is 1. The smallest absolute Gasteiger partial charge is 0.481 e. The van der Waals surface area contributed by atoms with Crippen LogP contribution in [0.1, 0.15) is 36.2 Å². The van der Waals surface area contributed by atoms with Crippen molar-refractivity contribution in [2.45, 2.75) is 32.0 Å². The highest BCUT2D eigenvalue weighted by atomic mass is 32.1. The number of hydrogen-bond acceptors (Lipinski definition) is 5. The molecule has 0 bridgehead atoms. The Morgan fingerprint density at radius 1 is 1.17 bits per heavy atom. The van der Waals surface area contributed by atoms with E-state index in [-0.39, 0.29) is 29.2 Å². The molecule has 0 unspecified atom stereocenters. The molecule has 1 fully saturated rings. The van der Waals surface area contributed by atoms with Gasteiger partial charge in [0.15, 0.2) is 0 Å². The maximum Gasteiger partial charge on any atom is 0.573 e. The molecule has 6 nitrogen and oxygen atoms in total. The number of aliphatic carboxylic acids is 1. The fraction of sp³-hybridized carbons (Fsp3) is 0.421. The number of carboxylic acid groups (broad SMARTS) is 1. The van der Waals surface area contributed by atoms with E-state index in [4.69, 9.17) is 5.11 Å². The number of rotatable bonds is 6. The zero-order valence-corrected chi connectivity index (χ0v) is 16.1. The lowest BCUT2D eigenvalue weighted by Crippen LogP contribution is -2.32. The van der Waals surface area contributed by atoms with Gasteiger partial charge >= 0.3 is 12.3 Å². The minimum Gasteiger partial charge on any atom is -0.481 e. The Labute approximate surface area is 168 Å². The van der Waals surface area contributed by atoms with E-state index < -0.39 is 12.3 Å². The molecule has 0 radical (unpaired) electrons. The normalized spacial score (nSPS) is 19.6. The van der Waals surface area contributed by atoms with E-state index in [0.29, 0.717) is 29.8 Å². The molecule has 1 aromatic carbocycles. The van der Waals surface area contributed by atoms with Crippen LogP contribution in [-0.2, 0) is 4.79 Å². The van der Waals surface area contributed by atoms with Crippen molar-refractivity contribution in [3.8, 4) is 16.2 Å². The fourth-order valence-corrected chi connectivity index (χ4v) is 4.02. The van der Waals surface area contributed by atoms with Crippen molar-refractivity contribution in [3.63, 3.8) is 0 Å². The van der Waals surface area contributed by atoms with Crippen LogP contribution in [0.3, 0.4) is 0 Å². The second-order valence-electron chi connectivity index (χ2n) is 6.91. The van der Waals surface area contributed by atoms with Gasteiger partial charge in [0.05, 0.1) is 10.8 Å². The minimum atomic E-state index is -4.75. The fourth-order valence-electron chi connectivity index (χ4n) is 3.28. The van der Waals surface area contributed by atoms with E-state index in [2.05, 4.69) is 14.4 Å². The van der Waals surface area contributed by atoms with Crippen LogP contribution < -0.4 is 10.1 Å². The monoisotopic (exact) mass is 428 g/mol. The number of alkyl halides is 3. The molecule has 156 valence electrons. The molecule has 1 aliphatic rings. The molecule has 0 atom stereocenters. The van der Waals surface area contributed by atoms with Crippen molar-refractivity contribution in [2.24, 2.45) is 11.8 Å². The summed E-state index contributed by atoms with van der Waals surface area (Å²) in [4.78, 5) is 23.9. The first-order chi connectivity index (χ1) is 13.7. The minimum absolute atomic E-state index is 0.236. The Morgan fingerprint density at radius 2 is 1.83 bits per heavy atom. The Bertz CT molecular complexity index is 859. The number of hydrogen-bond donors (Lipinski definition) is 2. The summed E-state index contributed by atoms with van der Waals surface area (Å²) in [5.74, 6) is -1.46. The van der Waals surface area contributed by atoms with Gasteiger partial charge in [0.1, 0.15) is 11.4 Å². The Hall–Kier alpha value is -2.62. The molecule has 0 aliphatic heterocycles. The van der Waals surface area contributed by atoms with Gasteiger partial charge in [-0.2, -0.15) is 4.37 Å². The summed E-state index contributed by atoms with van der Waals surface area (Å²) in [6, 6.07) is 6.93. The molecular weight excluding hydrogens is 409 g/mol. The summed E-state index contributed by atoms with van der Waals surface area (Å²) in [5, 5.41) is 11.8. The van der Waals surface area contributed by atoms with Crippen LogP contribution in [0.2, 0.25) is 0 Å². The van der Waals surface area contributed by atoms with E-state index in [1.807, 2.05) is 0 Å². The van der Waals surface area contributed by atoms with E-state index in [1.54, 1.807) is 6.07 Å². The molecule has 1 saturated carbocycles. The summed E-state index contributed by atoms with van der Waals surface area (Å²) >= 11 is 1.08. The van der Waals surface area contributed by atoms with E-state index in [1.165, 1.54) is 24.3 Å². The molecule has 2 N–H and O–H groups in total. The van der Waals surface area contributed by atoms with Gasteiger partial charge in [-0.05, 0) is 79.0 Å². The van der Waals surface area contributed by atoms with Gasteiger partial charge in [0.2, 0.25) is 0 Å². The number of nitrogens with zero attached hydrogens (tertiary/aromatic N) is 1. The van der Waals surface area contributed by atoms with Crippen molar-refractivity contribution in [3.05, 3.63) is 36.0 Å². The molecule has 1 amide bonds. The predicted molar refractivity (Wildman–Crippen MR) is 99.7 cm³/mol. The molecule has 1 heterocycles. The average molecular weight is 428 g/mol. The number of benzene rings is 1. The highest BCUT2D eigenvalue weighted by molar-refractivity contribution is 7.09. The third kappa shape index (κ3) is 5.93. The highest BCUT2D eigenvalue weighted by Gasteiger charge is 2.31. The lowest BCUT2D eigenvalue weighted by Gasteiger charge is -2.25. The van der Waals surface area contributed by atoms with Gasteiger partial charge in [-0.25, -0.2) is 0 Å². The summed E-state index contributed by atoms with van der Waals surface area (Å²) in [6.45, 7) is 0.460. The van der Waals surface area contributed by atoms with Crippen molar-refractivity contribution in [1.82, 2.24) is 9.69 Å². The van der Waals surface area contributed by atoms with Crippen molar-refractivity contribution in [2.75, 3.05) is 6.54 Å². The molecule has 10 heteroatoms. The molecule has 0 saturated heterocycles. The maximum absolute atomic E-state index is 12.3. The number of carboxylic acids is 1. The van der Waals surface area contributed by atoms with Gasteiger partial charge in [-0.15, -0.1) is 13.2 Å². The number of aromatic nitrogens is 1. The number of carbonyl (C=O) groups excluding carboxylic acids is 1. The number of halogens is 3. The summed E-state index contributed by atoms with van der Waals surface area (Å²) in [5.41, 5.74) is 0.864. The van der Waals surface area contributed by atoms with Crippen LogP contribution in [0.4, 0.5) is 13.2 Å². The summed E-state index contributed by atoms with van der Waals surface area (Å²) in [6.07, 6.45) is -2.00. The quantitative estimate of drug-likeness (QED) is 0.715. The van der Waals surface area contributed by atoms with Crippen molar-refractivity contribution in [1.29, 1.82) is 0 Å². The third-order valence-electron chi connectivity index (χ3n) is 4.86. The standard InChI is InChI=1S/C19H19F3N2O4S/c20-19(21,22)28-14-7-5-12(6-8-14)16-9-15(24-29-16)17(25)23-10-11-1-3-13(4-2-11)18(26)27/h5-9,11,13H,1-4,10H2,(H,23,25)(H,26,27). The Balaban J connectivity index is 1.53. The zero-order valence-electron chi connectivity index (χ0n) is 15.2. The van der Waals surface area contributed by atoms with Gasteiger partial charge in [0.25, 0.3) is 5.91 Å². The van der Waals surface area contributed by atoms with Crippen LogP contribution >= 0.6 is 11.5 Å². The Kier molecular flexibility index (Phi) is 6.41.